The van der Waals surface area contributed by atoms with Crippen LogP contribution in [0.15, 0.2) is 47.4 Å². The minimum atomic E-state index is -3.21. The molecule has 8 heteroatoms. The van der Waals surface area contributed by atoms with Gasteiger partial charge in [-0.25, -0.2) is 8.42 Å². The van der Waals surface area contributed by atoms with Gasteiger partial charge in [0.05, 0.1) is 6.26 Å². The van der Waals surface area contributed by atoms with Crippen molar-refractivity contribution in [2.24, 2.45) is 0 Å². The summed E-state index contributed by atoms with van der Waals surface area (Å²) in [6.07, 6.45) is 2.22. The topological polar surface area (TPSA) is 66.5 Å². The number of hydrogen-bond donors (Lipinski definition) is 1. The van der Waals surface area contributed by atoms with E-state index in [1.807, 2.05) is 42.5 Å². The number of benzene rings is 2. The van der Waals surface area contributed by atoms with Crippen molar-refractivity contribution in [3.05, 3.63) is 58.6 Å². The number of anilines is 1. The average molecular weight is 425 g/mol. The third kappa shape index (κ3) is 5.48. The van der Waals surface area contributed by atoms with Gasteiger partial charge in [0.25, 0.3) is 0 Å². The fraction of sp³-hybridized carbons (Fsp3) is 0.316. The van der Waals surface area contributed by atoms with Crippen molar-refractivity contribution in [3.8, 4) is 0 Å². The SMILES string of the molecule is CS(=O)(=O)N1CCc2c(cccc2NC(=O)CCSc2ccc(Cl)cc2)C1. The predicted molar refractivity (Wildman–Crippen MR) is 111 cm³/mol. The second-order valence-corrected chi connectivity index (χ2v) is 9.98. The first-order chi connectivity index (χ1) is 12.8. The molecular weight excluding hydrogens is 404 g/mol. The van der Waals surface area contributed by atoms with E-state index >= 15 is 0 Å². The Hall–Kier alpha value is -1.54. The Morgan fingerprint density at radius 1 is 1.22 bits per heavy atom. The maximum absolute atomic E-state index is 12.3. The molecule has 0 atom stereocenters. The highest BCUT2D eigenvalue weighted by Crippen LogP contribution is 2.28. The molecule has 2 aromatic carbocycles. The van der Waals surface area contributed by atoms with Crippen LogP contribution in [0, 0.1) is 0 Å². The summed E-state index contributed by atoms with van der Waals surface area (Å²) in [7, 11) is -3.21. The molecule has 3 rings (SSSR count). The van der Waals surface area contributed by atoms with Crippen LogP contribution in [-0.2, 0) is 27.8 Å². The number of sulfonamides is 1. The summed E-state index contributed by atoms with van der Waals surface area (Å²) in [6.45, 7) is 0.787. The molecule has 0 spiro atoms. The number of carbonyl (C=O) groups excluding carboxylic acids is 1. The fourth-order valence-corrected chi connectivity index (χ4v) is 4.76. The van der Waals surface area contributed by atoms with Gasteiger partial charge < -0.3 is 5.32 Å². The van der Waals surface area contributed by atoms with Gasteiger partial charge in [0.1, 0.15) is 0 Å². The number of nitrogens with zero attached hydrogens (tertiary/aromatic N) is 1. The van der Waals surface area contributed by atoms with Gasteiger partial charge in [0, 0.05) is 40.9 Å². The molecule has 0 saturated carbocycles. The number of halogens is 1. The standard InChI is InChI=1S/C19H21ClN2O3S2/c1-27(24,25)22-11-9-17-14(13-22)3-2-4-18(17)21-19(23)10-12-26-16-7-5-15(20)6-8-16/h2-8H,9-13H2,1H3,(H,21,23). The molecule has 0 unspecified atom stereocenters. The van der Waals surface area contributed by atoms with Gasteiger partial charge in [-0.05, 0) is 47.9 Å². The zero-order chi connectivity index (χ0) is 19.4. The summed E-state index contributed by atoms with van der Waals surface area (Å²) in [5, 5.41) is 3.67. The highest BCUT2D eigenvalue weighted by molar-refractivity contribution is 7.99. The normalized spacial score (nSPS) is 14.6. The first-order valence-corrected chi connectivity index (χ1v) is 11.8. The average Bonchev–Trinajstić information content (AvgIpc) is 2.62. The number of thioether (sulfide) groups is 1. The van der Waals surface area contributed by atoms with Gasteiger partial charge in [-0.3, -0.25) is 4.79 Å². The smallest absolute Gasteiger partial charge is 0.225 e. The number of nitrogens with one attached hydrogen (secondary N) is 1. The first-order valence-electron chi connectivity index (χ1n) is 8.57. The van der Waals surface area contributed by atoms with Gasteiger partial charge in [0.2, 0.25) is 15.9 Å². The third-order valence-corrected chi connectivity index (χ3v) is 6.90. The van der Waals surface area contributed by atoms with Crippen LogP contribution < -0.4 is 5.32 Å². The van der Waals surface area contributed by atoms with Gasteiger partial charge in [0.15, 0.2) is 0 Å². The minimum Gasteiger partial charge on any atom is -0.326 e. The molecule has 144 valence electrons. The quantitative estimate of drug-likeness (QED) is 0.716. The van der Waals surface area contributed by atoms with E-state index in [4.69, 9.17) is 11.6 Å². The Labute approximate surface area is 169 Å². The molecule has 0 aromatic heterocycles. The van der Waals surface area contributed by atoms with Crippen LogP contribution >= 0.6 is 23.4 Å². The number of hydrogen-bond acceptors (Lipinski definition) is 4. The molecule has 1 amide bonds. The van der Waals surface area contributed by atoms with Gasteiger partial charge in [-0.1, -0.05) is 23.7 Å². The van der Waals surface area contributed by atoms with Crippen LogP contribution in [-0.4, -0.2) is 37.2 Å². The van der Waals surface area contributed by atoms with Crippen LogP contribution in [0.3, 0.4) is 0 Å². The Morgan fingerprint density at radius 3 is 2.67 bits per heavy atom. The second kappa shape index (κ2) is 8.65. The fourth-order valence-electron chi connectivity index (χ4n) is 2.99. The molecule has 0 aliphatic carbocycles. The molecule has 27 heavy (non-hydrogen) atoms. The van der Waals surface area contributed by atoms with E-state index in [2.05, 4.69) is 5.32 Å². The molecular formula is C19H21ClN2O3S2. The summed E-state index contributed by atoms with van der Waals surface area (Å²) in [4.78, 5) is 13.4. The Bertz CT molecular complexity index is 930. The number of carbonyl (C=O) groups is 1. The number of amides is 1. The molecule has 0 bridgehead atoms. The molecule has 1 heterocycles. The van der Waals surface area contributed by atoms with Gasteiger partial charge >= 0.3 is 0 Å². The lowest BCUT2D eigenvalue weighted by molar-refractivity contribution is -0.115. The monoisotopic (exact) mass is 424 g/mol. The highest BCUT2D eigenvalue weighted by atomic mass is 35.5. The molecule has 5 nitrogen and oxygen atoms in total. The van der Waals surface area contributed by atoms with Crippen LogP contribution in [0.1, 0.15) is 17.5 Å². The highest BCUT2D eigenvalue weighted by Gasteiger charge is 2.24. The summed E-state index contributed by atoms with van der Waals surface area (Å²) in [5.74, 6) is 0.625. The van der Waals surface area contributed by atoms with E-state index in [1.54, 1.807) is 11.8 Å². The van der Waals surface area contributed by atoms with Crippen LogP contribution in [0.25, 0.3) is 0 Å². The van der Waals surface area contributed by atoms with E-state index in [9.17, 15) is 13.2 Å². The minimum absolute atomic E-state index is 0.0459. The summed E-state index contributed by atoms with van der Waals surface area (Å²) >= 11 is 7.48. The number of rotatable bonds is 6. The zero-order valence-corrected chi connectivity index (χ0v) is 17.3. The molecule has 0 saturated heterocycles. The van der Waals surface area contributed by atoms with Crippen LogP contribution in [0.4, 0.5) is 5.69 Å². The van der Waals surface area contributed by atoms with Crippen molar-refractivity contribution in [1.82, 2.24) is 4.31 Å². The lowest BCUT2D eigenvalue weighted by atomic mass is 9.99. The van der Waals surface area contributed by atoms with Gasteiger partial charge in [-0.15, -0.1) is 11.8 Å². The predicted octanol–water partition coefficient (Wildman–Crippen LogP) is 3.78. The van der Waals surface area contributed by atoms with Crippen molar-refractivity contribution < 1.29 is 13.2 Å². The van der Waals surface area contributed by atoms with E-state index in [0.717, 1.165) is 21.7 Å². The summed E-state index contributed by atoms with van der Waals surface area (Å²) in [5.41, 5.74) is 2.75. The van der Waals surface area contributed by atoms with E-state index < -0.39 is 10.0 Å². The maximum atomic E-state index is 12.3. The molecule has 0 fully saturated rings. The van der Waals surface area contributed by atoms with Crippen molar-refractivity contribution in [2.75, 3.05) is 23.9 Å². The van der Waals surface area contributed by atoms with Crippen LogP contribution in [0.2, 0.25) is 5.02 Å². The Balaban J connectivity index is 1.58. The van der Waals surface area contributed by atoms with Gasteiger partial charge in [-0.2, -0.15) is 4.31 Å². The second-order valence-electron chi connectivity index (χ2n) is 6.39. The van der Waals surface area contributed by atoms with E-state index in [-0.39, 0.29) is 5.91 Å². The largest absolute Gasteiger partial charge is 0.326 e. The maximum Gasteiger partial charge on any atom is 0.225 e. The first kappa shape index (κ1) is 20.2. The molecule has 1 aliphatic rings. The van der Waals surface area contributed by atoms with Crippen LogP contribution in [0.5, 0.6) is 0 Å². The Morgan fingerprint density at radius 2 is 1.96 bits per heavy atom. The lowest BCUT2D eigenvalue weighted by Gasteiger charge is -2.28. The molecule has 0 radical (unpaired) electrons. The van der Waals surface area contributed by atoms with Crippen molar-refractivity contribution in [1.29, 1.82) is 0 Å². The molecule has 1 N–H and O–H groups in total. The summed E-state index contributed by atoms with van der Waals surface area (Å²) in [6, 6.07) is 13.2. The number of fused-ring (bicyclic) bond motifs is 1. The van der Waals surface area contributed by atoms with Crippen molar-refractivity contribution >= 4 is 45.0 Å². The molecule has 1 aliphatic heterocycles. The molecule has 2 aromatic rings. The summed E-state index contributed by atoms with van der Waals surface area (Å²) < 4.78 is 25.0. The zero-order valence-electron chi connectivity index (χ0n) is 14.9. The van der Waals surface area contributed by atoms with Crippen molar-refractivity contribution in [2.45, 2.75) is 24.3 Å². The third-order valence-electron chi connectivity index (χ3n) is 4.39. The van der Waals surface area contributed by atoms with Crippen molar-refractivity contribution in [3.63, 3.8) is 0 Å². The van der Waals surface area contributed by atoms with E-state index in [0.29, 0.717) is 36.7 Å². The Kier molecular flexibility index (Phi) is 6.47. The lowest BCUT2D eigenvalue weighted by Crippen LogP contribution is -2.35. The van der Waals surface area contributed by atoms with E-state index in [1.165, 1.54) is 10.6 Å².